The molecule has 0 aliphatic heterocycles. The van der Waals surface area contributed by atoms with Crippen LogP contribution in [0.4, 0.5) is 0 Å². The summed E-state index contributed by atoms with van der Waals surface area (Å²) in [6, 6.07) is 0. The third-order valence-electron chi connectivity index (χ3n) is 1.61. The van der Waals surface area contributed by atoms with Crippen molar-refractivity contribution < 1.29 is 4.79 Å². The molecule has 0 fully saturated rings. The first kappa shape index (κ1) is 11.4. The van der Waals surface area contributed by atoms with Gasteiger partial charge in [0.05, 0.1) is 5.56 Å². The molecule has 82 valence electrons. The predicted molar refractivity (Wildman–Crippen MR) is 61.2 cm³/mol. The third-order valence-corrected chi connectivity index (χ3v) is 3.82. The van der Waals surface area contributed by atoms with Gasteiger partial charge < -0.3 is 0 Å². The summed E-state index contributed by atoms with van der Waals surface area (Å²) in [7, 11) is 0. The molecule has 0 aliphatic rings. The standard InChI is InChI=1S/C8H5ClN4OS2/c1-4-12-13-8(15-4)16-7-5(2-14)6(9)10-3-11-7/h2-3H,1H3. The van der Waals surface area contributed by atoms with Gasteiger partial charge in [0, 0.05) is 0 Å². The van der Waals surface area contributed by atoms with Crippen LogP contribution in [0.2, 0.25) is 5.15 Å². The van der Waals surface area contributed by atoms with E-state index < -0.39 is 0 Å². The van der Waals surface area contributed by atoms with Crippen LogP contribution in [-0.4, -0.2) is 26.5 Å². The molecule has 2 aromatic rings. The molecule has 2 rings (SSSR count). The van der Waals surface area contributed by atoms with Crippen LogP contribution in [0.1, 0.15) is 15.4 Å². The molecule has 2 aromatic heterocycles. The van der Waals surface area contributed by atoms with E-state index in [0.717, 1.165) is 9.35 Å². The van der Waals surface area contributed by atoms with Crippen molar-refractivity contribution in [2.24, 2.45) is 0 Å². The normalized spacial score (nSPS) is 10.4. The first-order chi connectivity index (χ1) is 7.70. The Morgan fingerprint density at radius 2 is 2.25 bits per heavy atom. The number of hydrogen-bond acceptors (Lipinski definition) is 7. The highest BCUT2D eigenvalue weighted by Gasteiger charge is 2.12. The average Bonchev–Trinajstić information content (AvgIpc) is 2.64. The highest BCUT2D eigenvalue weighted by Crippen LogP contribution is 2.31. The Balaban J connectivity index is 2.34. The van der Waals surface area contributed by atoms with Crippen molar-refractivity contribution in [1.29, 1.82) is 0 Å². The second-order valence-electron chi connectivity index (χ2n) is 2.69. The summed E-state index contributed by atoms with van der Waals surface area (Å²) in [6.07, 6.45) is 1.95. The molecule has 0 aliphatic carbocycles. The molecular formula is C8H5ClN4OS2. The van der Waals surface area contributed by atoms with E-state index in [0.29, 0.717) is 11.3 Å². The first-order valence-corrected chi connectivity index (χ1v) is 6.15. The molecule has 0 amide bonds. The van der Waals surface area contributed by atoms with Gasteiger partial charge >= 0.3 is 0 Å². The summed E-state index contributed by atoms with van der Waals surface area (Å²) in [6.45, 7) is 1.86. The van der Waals surface area contributed by atoms with Crippen molar-refractivity contribution in [2.75, 3.05) is 0 Å². The highest BCUT2D eigenvalue weighted by atomic mass is 35.5. The molecular weight excluding hydrogens is 268 g/mol. The molecule has 8 heteroatoms. The quantitative estimate of drug-likeness (QED) is 0.631. The van der Waals surface area contributed by atoms with Gasteiger partial charge in [-0.15, -0.1) is 10.2 Å². The zero-order valence-electron chi connectivity index (χ0n) is 8.05. The molecule has 0 unspecified atom stereocenters. The van der Waals surface area contributed by atoms with E-state index in [1.54, 1.807) is 0 Å². The number of aryl methyl sites for hydroxylation is 1. The molecule has 16 heavy (non-hydrogen) atoms. The third kappa shape index (κ3) is 2.37. The second-order valence-corrected chi connectivity index (χ2v) is 5.47. The van der Waals surface area contributed by atoms with Gasteiger partial charge in [-0.1, -0.05) is 22.9 Å². The van der Waals surface area contributed by atoms with Crippen LogP contribution in [0.5, 0.6) is 0 Å². The Kier molecular flexibility index (Phi) is 3.47. The molecule has 0 aromatic carbocycles. The van der Waals surface area contributed by atoms with Crippen molar-refractivity contribution in [2.45, 2.75) is 16.3 Å². The zero-order chi connectivity index (χ0) is 11.5. The Morgan fingerprint density at radius 1 is 1.44 bits per heavy atom. The summed E-state index contributed by atoms with van der Waals surface area (Å²) in [5, 5.41) is 9.30. The van der Waals surface area contributed by atoms with Crippen LogP contribution in [0, 0.1) is 6.92 Å². The van der Waals surface area contributed by atoms with E-state index >= 15 is 0 Å². The van der Waals surface area contributed by atoms with E-state index in [-0.39, 0.29) is 10.7 Å². The Labute approximate surface area is 104 Å². The predicted octanol–water partition coefficient (Wildman–Crippen LogP) is 2.25. The lowest BCUT2D eigenvalue weighted by Gasteiger charge is -2.00. The van der Waals surface area contributed by atoms with Gasteiger partial charge in [-0.3, -0.25) is 4.79 Å². The van der Waals surface area contributed by atoms with E-state index in [1.165, 1.54) is 29.4 Å². The fraction of sp³-hybridized carbons (Fsp3) is 0.125. The zero-order valence-corrected chi connectivity index (χ0v) is 10.4. The number of carbonyl (C=O) groups is 1. The smallest absolute Gasteiger partial charge is 0.180 e. The second kappa shape index (κ2) is 4.86. The number of aromatic nitrogens is 4. The number of aldehydes is 1. The molecule has 0 saturated heterocycles. The van der Waals surface area contributed by atoms with Crippen LogP contribution in [-0.2, 0) is 0 Å². The minimum Gasteiger partial charge on any atom is -0.298 e. The summed E-state index contributed by atoms with van der Waals surface area (Å²) in [5.74, 6) is 0. The van der Waals surface area contributed by atoms with Crippen LogP contribution in [0.15, 0.2) is 15.7 Å². The molecule has 2 heterocycles. The Hall–Kier alpha value is -1.05. The van der Waals surface area contributed by atoms with Gasteiger partial charge in [0.25, 0.3) is 0 Å². The van der Waals surface area contributed by atoms with E-state index in [1.807, 2.05) is 6.92 Å². The molecule has 0 radical (unpaired) electrons. The molecule has 0 saturated carbocycles. The van der Waals surface area contributed by atoms with Crippen LogP contribution in [0.3, 0.4) is 0 Å². The number of rotatable bonds is 3. The Bertz CT molecular complexity index is 531. The monoisotopic (exact) mass is 272 g/mol. The van der Waals surface area contributed by atoms with Crippen LogP contribution < -0.4 is 0 Å². The number of nitrogens with zero attached hydrogens (tertiary/aromatic N) is 4. The van der Waals surface area contributed by atoms with Crippen molar-refractivity contribution in [1.82, 2.24) is 20.2 Å². The van der Waals surface area contributed by atoms with E-state index in [2.05, 4.69) is 20.2 Å². The van der Waals surface area contributed by atoms with Gasteiger partial charge in [0.1, 0.15) is 21.5 Å². The summed E-state index contributed by atoms with van der Waals surface area (Å²) < 4.78 is 0.718. The SMILES string of the molecule is Cc1nnc(Sc2ncnc(Cl)c2C=O)s1. The molecule has 0 N–H and O–H groups in total. The lowest BCUT2D eigenvalue weighted by molar-refractivity contribution is 0.112. The maximum absolute atomic E-state index is 10.8. The fourth-order valence-corrected chi connectivity index (χ4v) is 2.96. The minimum absolute atomic E-state index is 0.147. The van der Waals surface area contributed by atoms with Crippen LogP contribution >= 0.6 is 34.7 Å². The largest absolute Gasteiger partial charge is 0.298 e. The van der Waals surface area contributed by atoms with Crippen molar-refractivity contribution in [3.8, 4) is 0 Å². The minimum atomic E-state index is 0.147. The number of hydrogen-bond donors (Lipinski definition) is 0. The maximum Gasteiger partial charge on any atom is 0.180 e. The van der Waals surface area contributed by atoms with Crippen molar-refractivity contribution >= 4 is 41.0 Å². The molecule has 0 bridgehead atoms. The Morgan fingerprint density at radius 3 is 2.88 bits per heavy atom. The topological polar surface area (TPSA) is 68.6 Å². The molecule has 5 nitrogen and oxygen atoms in total. The lowest BCUT2D eigenvalue weighted by Crippen LogP contribution is -1.93. The first-order valence-electron chi connectivity index (χ1n) is 4.14. The summed E-state index contributed by atoms with van der Waals surface area (Å²) in [4.78, 5) is 18.6. The van der Waals surface area contributed by atoms with Gasteiger partial charge in [-0.25, -0.2) is 9.97 Å². The van der Waals surface area contributed by atoms with Gasteiger partial charge in [0.2, 0.25) is 0 Å². The van der Waals surface area contributed by atoms with Crippen molar-refractivity contribution in [3.63, 3.8) is 0 Å². The van der Waals surface area contributed by atoms with Crippen LogP contribution in [0.25, 0.3) is 0 Å². The number of carbonyl (C=O) groups excluding carboxylic acids is 1. The highest BCUT2D eigenvalue weighted by molar-refractivity contribution is 8.01. The van der Waals surface area contributed by atoms with Gasteiger partial charge in [0.15, 0.2) is 10.6 Å². The van der Waals surface area contributed by atoms with Gasteiger partial charge in [-0.2, -0.15) is 0 Å². The average molecular weight is 273 g/mol. The van der Waals surface area contributed by atoms with E-state index in [4.69, 9.17) is 11.6 Å². The maximum atomic E-state index is 10.8. The summed E-state index contributed by atoms with van der Waals surface area (Å²) in [5.41, 5.74) is 0.280. The van der Waals surface area contributed by atoms with E-state index in [9.17, 15) is 4.79 Å². The molecule has 0 spiro atoms. The lowest BCUT2D eigenvalue weighted by atomic mass is 10.4. The molecule has 0 atom stereocenters. The fourth-order valence-electron chi connectivity index (χ4n) is 0.942. The summed E-state index contributed by atoms with van der Waals surface area (Å²) >= 11 is 8.45. The van der Waals surface area contributed by atoms with Crippen molar-refractivity contribution in [3.05, 3.63) is 22.1 Å². The van der Waals surface area contributed by atoms with Gasteiger partial charge in [-0.05, 0) is 18.7 Å². The number of halogens is 1.